The van der Waals surface area contributed by atoms with Crippen molar-refractivity contribution in [2.24, 2.45) is 5.73 Å². The molecule has 2 aromatic carbocycles. The second kappa shape index (κ2) is 16.9. The van der Waals surface area contributed by atoms with Crippen molar-refractivity contribution < 1.29 is 33.4 Å². The molecule has 0 bridgehead atoms. The fourth-order valence-electron chi connectivity index (χ4n) is 7.82. The maximum Gasteiger partial charge on any atom is 0.407 e. The van der Waals surface area contributed by atoms with Gasteiger partial charge in [-0.15, -0.1) is 0 Å². The summed E-state index contributed by atoms with van der Waals surface area (Å²) in [4.78, 5) is 70.9. The van der Waals surface area contributed by atoms with Crippen molar-refractivity contribution in [1.82, 2.24) is 50.5 Å². The number of aromatic amines is 3. The molecular formula is C40H47N11O7. The van der Waals surface area contributed by atoms with Crippen LogP contribution in [0.2, 0.25) is 0 Å². The van der Waals surface area contributed by atoms with Crippen LogP contribution >= 0.6 is 0 Å². The third-order valence-corrected chi connectivity index (χ3v) is 10.9. The molecule has 0 spiro atoms. The SMILES string of the molecule is COC(=O)N[C@H](C(=O)N1CCC[C@H]1c1ncc(-c2ccc(-c3ccc(-c4cnc([C@@H]5CCCN5C(=O)[C@](C)(Cc5cn[nH]n5)OC(N)=O)[nH]4)cc3)cc2)[nH]1)[C@@H](C)OC. The van der Waals surface area contributed by atoms with Gasteiger partial charge in [0.15, 0.2) is 5.60 Å². The molecule has 0 radical (unpaired) electrons. The summed E-state index contributed by atoms with van der Waals surface area (Å²) in [5.41, 5.74) is 9.80. The first-order valence-corrected chi connectivity index (χ1v) is 19.1. The van der Waals surface area contributed by atoms with Crippen LogP contribution in [0.25, 0.3) is 33.6 Å². The smallest absolute Gasteiger partial charge is 0.407 e. The number of likely N-dealkylation sites (tertiary alicyclic amines) is 2. The van der Waals surface area contributed by atoms with Crippen LogP contribution in [0.1, 0.15) is 69.0 Å². The van der Waals surface area contributed by atoms with E-state index in [1.807, 2.05) is 48.5 Å². The van der Waals surface area contributed by atoms with Crippen molar-refractivity contribution in [3.8, 4) is 33.6 Å². The summed E-state index contributed by atoms with van der Waals surface area (Å²) in [6, 6.07) is 14.7. The highest BCUT2D eigenvalue weighted by atomic mass is 16.6. The van der Waals surface area contributed by atoms with E-state index >= 15 is 0 Å². The lowest BCUT2D eigenvalue weighted by molar-refractivity contribution is -0.150. The number of amides is 4. The van der Waals surface area contributed by atoms with Crippen molar-refractivity contribution in [1.29, 1.82) is 0 Å². The Morgan fingerprint density at radius 2 is 1.38 bits per heavy atom. The number of primary amides is 1. The van der Waals surface area contributed by atoms with E-state index in [0.717, 1.165) is 52.9 Å². The average Bonchev–Trinajstić information content (AvgIpc) is 4.08. The third kappa shape index (κ3) is 8.27. The van der Waals surface area contributed by atoms with Crippen LogP contribution in [0.4, 0.5) is 9.59 Å². The molecule has 2 saturated heterocycles. The van der Waals surface area contributed by atoms with Crippen molar-refractivity contribution in [2.75, 3.05) is 27.3 Å². The van der Waals surface area contributed by atoms with E-state index in [9.17, 15) is 19.2 Å². The molecule has 58 heavy (non-hydrogen) atoms. The Bertz CT molecular complexity index is 2220. The number of alkyl carbamates (subject to hydrolysis) is 1. The molecule has 2 aliphatic rings. The van der Waals surface area contributed by atoms with E-state index in [1.165, 1.54) is 27.3 Å². The zero-order valence-corrected chi connectivity index (χ0v) is 32.7. The monoisotopic (exact) mass is 793 g/mol. The van der Waals surface area contributed by atoms with Gasteiger partial charge in [-0.2, -0.15) is 15.4 Å². The standard InChI is InChI=1S/C40H47N11O7/c1-23(56-3)33(47-39(55)57-4)36(52)50-17-5-7-31(50)34-42-21-29(45-34)26-13-9-24(10-14-26)25-11-15-27(16-12-25)30-22-43-35(46-30)32-8-6-18-51(32)37(53)40(2,58-38(41)54)19-28-20-44-49-48-28/h9-16,20-23,31-33H,5-8,17-19H2,1-4H3,(H2,41,54)(H,42,45)(H,43,46)(H,47,55)(H,44,48,49)/t23-,31+,32+,33+,40+/m1/s1. The highest BCUT2D eigenvalue weighted by Crippen LogP contribution is 2.36. The molecule has 0 unspecified atom stereocenters. The lowest BCUT2D eigenvalue weighted by Crippen LogP contribution is -2.54. The van der Waals surface area contributed by atoms with Gasteiger partial charge in [0.2, 0.25) is 5.91 Å². The number of benzene rings is 2. The number of imidazole rings is 2. The van der Waals surface area contributed by atoms with Gasteiger partial charge in [-0.25, -0.2) is 19.6 Å². The molecule has 6 N–H and O–H groups in total. The Balaban J connectivity index is 1.01. The summed E-state index contributed by atoms with van der Waals surface area (Å²) < 4.78 is 15.5. The van der Waals surface area contributed by atoms with Crippen LogP contribution in [0, 0.1) is 0 Å². The topological polar surface area (TPSA) is 239 Å². The fraction of sp³-hybridized carbons (Fsp3) is 0.400. The Morgan fingerprint density at radius 1 is 0.845 bits per heavy atom. The third-order valence-electron chi connectivity index (χ3n) is 10.9. The highest BCUT2D eigenvalue weighted by molar-refractivity contribution is 5.88. The summed E-state index contributed by atoms with van der Waals surface area (Å²) in [7, 11) is 2.74. The highest BCUT2D eigenvalue weighted by Gasteiger charge is 2.45. The van der Waals surface area contributed by atoms with E-state index in [2.05, 4.69) is 40.7 Å². The van der Waals surface area contributed by atoms with Crippen molar-refractivity contribution in [2.45, 2.75) is 75.8 Å². The van der Waals surface area contributed by atoms with Gasteiger partial charge in [-0.3, -0.25) is 9.59 Å². The minimum Gasteiger partial charge on any atom is -0.453 e. The van der Waals surface area contributed by atoms with Crippen molar-refractivity contribution in [3.05, 3.63) is 84.5 Å². The zero-order chi connectivity index (χ0) is 41.0. The van der Waals surface area contributed by atoms with E-state index < -0.39 is 29.9 Å². The van der Waals surface area contributed by atoms with Crippen molar-refractivity contribution >= 4 is 24.0 Å². The van der Waals surface area contributed by atoms with Crippen LogP contribution in [0.3, 0.4) is 0 Å². The molecule has 5 atom stereocenters. The van der Waals surface area contributed by atoms with E-state index in [-0.39, 0.29) is 30.3 Å². The van der Waals surface area contributed by atoms with Crippen LogP contribution in [-0.4, -0.2) is 114 Å². The molecule has 304 valence electrons. The number of aromatic nitrogens is 7. The van der Waals surface area contributed by atoms with E-state index in [0.29, 0.717) is 36.9 Å². The number of H-pyrrole nitrogens is 3. The Morgan fingerprint density at radius 3 is 1.88 bits per heavy atom. The first-order chi connectivity index (χ1) is 28.0. The zero-order valence-electron chi connectivity index (χ0n) is 32.7. The van der Waals surface area contributed by atoms with Crippen LogP contribution < -0.4 is 11.1 Å². The van der Waals surface area contributed by atoms with Gasteiger partial charge in [0.1, 0.15) is 17.7 Å². The number of nitrogens with two attached hydrogens (primary N) is 1. The summed E-state index contributed by atoms with van der Waals surface area (Å²) in [6.07, 6.45) is 5.67. The van der Waals surface area contributed by atoms with E-state index in [4.69, 9.17) is 19.9 Å². The number of nitrogens with one attached hydrogen (secondary N) is 4. The number of methoxy groups -OCH3 is 2. The fourth-order valence-corrected chi connectivity index (χ4v) is 7.82. The van der Waals surface area contributed by atoms with Gasteiger partial charge in [-0.05, 0) is 61.8 Å². The van der Waals surface area contributed by atoms with Gasteiger partial charge in [0.25, 0.3) is 5.91 Å². The van der Waals surface area contributed by atoms with Gasteiger partial charge >= 0.3 is 12.2 Å². The summed E-state index contributed by atoms with van der Waals surface area (Å²) >= 11 is 0. The normalized spacial score (nSPS) is 18.7. The lowest BCUT2D eigenvalue weighted by Gasteiger charge is -2.33. The number of nitrogens with zero attached hydrogens (tertiary/aromatic N) is 6. The minimum atomic E-state index is -1.57. The van der Waals surface area contributed by atoms with Crippen molar-refractivity contribution in [3.63, 3.8) is 0 Å². The molecule has 18 nitrogen and oxygen atoms in total. The Labute approximate surface area is 334 Å². The molecule has 2 aliphatic heterocycles. The second-order valence-electron chi connectivity index (χ2n) is 14.7. The molecule has 4 amide bonds. The van der Waals surface area contributed by atoms with E-state index in [1.54, 1.807) is 29.1 Å². The molecule has 0 aliphatic carbocycles. The maximum absolute atomic E-state index is 13.9. The first kappa shape index (κ1) is 39.7. The summed E-state index contributed by atoms with van der Waals surface area (Å²) in [6.45, 7) is 4.26. The molecule has 5 heterocycles. The number of hydrogen-bond acceptors (Lipinski definition) is 11. The number of hydrogen-bond donors (Lipinski definition) is 5. The van der Waals surface area contributed by atoms with Crippen LogP contribution in [-0.2, 0) is 30.2 Å². The first-order valence-electron chi connectivity index (χ1n) is 19.1. The average molecular weight is 794 g/mol. The largest absolute Gasteiger partial charge is 0.453 e. The Kier molecular flexibility index (Phi) is 11.6. The molecule has 3 aromatic heterocycles. The van der Waals surface area contributed by atoms with Gasteiger partial charge in [0.05, 0.1) is 61.0 Å². The summed E-state index contributed by atoms with van der Waals surface area (Å²) in [5, 5.41) is 12.9. The molecule has 5 aromatic rings. The number of carbonyl (C=O) groups is 4. The quantitative estimate of drug-likeness (QED) is 0.112. The Hall–Kier alpha value is -6.56. The minimum absolute atomic E-state index is 0.00938. The lowest BCUT2D eigenvalue weighted by atomic mass is 9.97. The van der Waals surface area contributed by atoms with Gasteiger partial charge < -0.3 is 45.0 Å². The number of ether oxygens (including phenoxy) is 3. The predicted octanol–water partition coefficient (Wildman–Crippen LogP) is 4.44. The molecule has 18 heteroatoms. The van der Waals surface area contributed by atoms with Crippen LogP contribution in [0.15, 0.2) is 67.1 Å². The molecule has 2 fully saturated rings. The summed E-state index contributed by atoms with van der Waals surface area (Å²) in [5.74, 6) is 0.671. The number of carbonyl (C=O) groups excluding carboxylic acids is 4. The number of rotatable bonds is 13. The molecule has 0 saturated carbocycles. The van der Waals surface area contributed by atoms with Crippen LogP contribution in [0.5, 0.6) is 0 Å². The molecular weight excluding hydrogens is 747 g/mol. The maximum atomic E-state index is 13.9. The predicted molar refractivity (Wildman–Crippen MR) is 209 cm³/mol. The van der Waals surface area contributed by atoms with Gasteiger partial charge in [0, 0.05) is 26.6 Å². The molecule has 7 rings (SSSR count). The second-order valence-corrected chi connectivity index (χ2v) is 14.7. The van der Waals surface area contributed by atoms with Gasteiger partial charge in [-0.1, -0.05) is 48.5 Å².